The van der Waals surface area contributed by atoms with Crippen LogP contribution in [0.5, 0.6) is 0 Å². The van der Waals surface area contributed by atoms with Crippen molar-refractivity contribution < 1.29 is 5.11 Å². The first-order valence-electron chi connectivity index (χ1n) is 6.46. The second-order valence-corrected chi connectivity index (χ2v) is 6.92. The van der Waals surface area contributed by atoms with E-state index in [0.717, 1.165) is 21.1 Å². The maximum Gasteiger partial charge on any atom is 0.0962 e. The number of aliphatic hydroxyl groups is 1. The third kappa shape index (κ3) is 2.98. The molecule has 0 aliphatic carbocycles. The largest absolute Gasteiger partial charge is 0.387 e. The van der Waals surface area contributed by atoms with Gasteiger partial charge in [-0.15, -0.1) is 22.7 Å². The van der Waals surface area contributed by atoms with Gasteiger partial charge in [0.2, 0.25) is 0 Å². The Bertz CT molecular complexity index is 687. The minimum Gasteiger partial charge on any atom is -0.387 e. The van der Waals surface area contributed by atoms with Crippen LogP contribution in [0.4, 0.5) is 0 Å². The van der Waals surface area contributed by atoms with Crippen LogP contribution < -0.4 is 0 Å². The molecule has 102 valence electrons. The SMILES string of the molecule is Cc1ccc(C(O)Cc2nc(-c3ccccc3)cs2)s1. The van der Waals surface area contributed by atoms with Crippen LogP contribution in [-0.4, -0.2) is 10.1 Å². The predicted molar refractivity (Wildman–Crippen MR) is 85.3 cm³/mol. The lowest BCUT2D eigenvalue weighted by Gasteiger charge is -2.05. The van der Waals surface area contributed by atoms with Crippen molar-refractivity contribution in [3.8, 4) is 11.3 Å². The Hall–Kier alpha value is -1.49. The number of nitrogens with zero attached hydrogens (tertiary/aromatic N) is 1. The van der Waals surface area contributed by atoms with Crippen LogP contribution in [0, 0.1) is 6.92 Å². The number of aromatic nitrogens is 1. The summed E-state index contributed by atoms with van der Waals surface area (Å²) in [6, 6.07) is 14.2. The Morgan fingerprint density at radius 1 is 1.15 bits per heavy atom. The summed E-state index contributed by atoms with van der Waals surface area (Å²) in [4.78, 5) is 6.85. The van der Waals surface area contributed by atoms with Crippen LogP contribution in [0.3, 0.4) is 0 Å². The summed E-state index contributed by atoms with van der Waals surface area (Å²) >= 11 is 3.25. The molecular formula is C16H15NOS2. The van der Waals surface area contributed by atoms with Gasteiger partial charge in [-0.2, -0.15) is 0 Å². The van der Waals surface area contributed by atoms with Gasteiger partial charge in [-0.25, -0.2) is 4.98 Å². The molecule has 1 aromatic carbocycles. The molecule has 0 aliphatic heterocycles. The molecule has 0 aliphatic rings. The number of benzene rings is 1. The molecule has 20 heavy (non-hydrogen) atoms. The summed E-state index contributed by atoms with van der Waals surface area (Å²) in [5.74, 6) is 0. The molecule has 0 radical (unpaired) electrons. The van der Waals surface area contributed by atoms with Crippen molar-refractivity contribution in [2.24, 2.45) is 0 Å². The Labute approximate surface area is 126 Å². The molecule has 1 atom stereocenters. The van der Waals surface area contributed by atoms with E-state index in [4.69, 9.17) is 0 Å². The molecule has 0 saturated heterocycles. The average Bonchev–Trinajstić information content (AvgIpc) is 3.09. The van der Waals surface area contributed by atoms with E-state index in [0.29, 0.717) is 6.42 Å². The lowest BCUT2D eigenvalue weighted by atomic mass is 10.2. The van der Waals surface area contributed by atoms with Gasteiger partial charge in [0, 0.05) is 27.1 Å². The van der Waals surface area contributed by atoms with Gasteiger partial charge in [0.05, 0.1) is 16.8 Å². The molecule has 3 rings (SSSR count). The monoisotopic (exact) mass is 301 g/mol. The zero-order valence-corrected chi connectivity index (χ0v) is 12.7. The lowest BCUT2D eigenvalue weighted by molar-refractivity contribution is 0.182. The van der Waals surface area contributed by atoms with Crippen LogP contribution in [-0.2, 0) is 6.42 Å². The normalized spacial score (nSPS) is 12.5. The maximum absolute atomic E-state index is 10.2. The van der Waals surface area contributed by atoms with Crippen LogP contribution in [0.2, 0.25) is 0 Å². The molecule has 2 aromatic heterocycles. The highest BCUT2D eigenvalue weighted by atomic mass is 32.1. The minimum absolute atomic E-state index is 0.455. The summed E-state index contributed by atoms with van der Waals surface area (Å²) in [5.41, 5.74) is 2.11. The van der Waals surface area contributed by atoms with Gasteiger partial charge in [-0.1, -0.05) is 30.3 Å². The first-order valence-corrected chi connectivity index (χ1v) is 8.16. The quantitative estimate of drug-likeness (QED) is 0.772. The molecular weight excluding hydrogens is 286 g/mol. The molecule has 2 nitrogen and oxygen atoms in total. The first kappa shape index (κ1) is 13.5. The zero-order valence-electron chi connectivity index (χ0n) is 11.1. The fraction of sp³-hybridized carbons (Fsp3) is 0.188. The molecule has 0 fully saturated rings. The van der Waals surface area contributed by atoms with Crippen molar-refractivity contribution in [1.82, 2.24) is 4.98 Å². The molecule has 3 aromatic rings. The van der Waals surface area contributed by atoms with Crippen LogP contribution >= 0.6 is 22.7 Å². The summed E-state index contributed by atoms with van der Waals surface area (Å²) < 4.78 is 0. The van der Waals surface area contributed by atoms with Crippen molar-refractivity contribution in [1.29, 1.82) is 0 Å². The lowest BCUT2D eigenvalue weighted by Crippen LogP contribution is -1.99. The number of hydrogen-bond acceptors (Lipinski definition) is 4. The molecule has 0 saturated carbocycles. The van der Waals surface area contributed by atoms with Crippen LogP contribution in [0.25, 0.3) is 11.3 Å². The number of rotatable bonds is 4. The van der Waals surface area contributed by atoms with Crippen molar-refractivity contribution in [3.05, 3.63) is 62.6 Å². The number of aryl methyl sites for hydroxylation is 1. The second-order valence-electron chi connectivity index (χ2n) is 4.66. The number of aliphatic hydroxyl groups excluding tert-OH is 1. The van der Waals surface area contributed by atoms with E-state index in [1.54, 1.807) is 22.7 Å². The molecule has 4 heteroatoms. The van der Waals surface area contributed by atoms with E-state index in [2.05, 4.69) is 29.4 Å². The average molecular weight is 301 g/mol. The van der Waals surface area contributed by atoms with Crippen molar-refractivity contribution >= 4 is 22.7 Å². The third-order valence-electron chi connectivity index (χ3n) is 3.08. The van der Waals surface area contributed by atoms with Crippen molar-refractivity contribution in [2.75, 3.05) is 0 Å². The van der Waals surface area contributed by atoms with Gasteiger partial charge in [0.25, 0.3) is 0 Å². The summed E-state index contributed by atoms with van der Waals surface area (Å²) in [6.07, 6.45) is 0.126. The van der Waals surface area contributed by atoms with Gasteiger partial charge in [0.15, 0.2) is 0 Å². The Morgan fingerprint density at radius 2 is 1.95 bits per heavy atom. The Morgan fingerprint density at radius 3 is 2.65 bits per heavy atom. The number of thiazole rings is 1. The van der Waals surface area contributed by atoms with E-state index >= 15 is 0 Å². The Balaban J connectivity index is 1.74. The van der Waals surface area contributed by atoms with Crippen molar-refractivity contribution in [3.63, 3.8) is 0 Å². The highest BCUT2D eigenvalue weighted by molar-refractivity contribution is 7.12. The maximum atomic E-state index is 10.2. The zero-order chi connectivity index (χ0) is 13.9. The second kappa shape index (κ2) is 5.87. The van der Waals surface area contributed by atoms with E-state index in [1.165, 1.54) is 4.88 Å². The molecule has 2 heterocycles. The standard InChI is InChI=1S/C16H15NOS2/c1-11-7-8-15(20-11)14(18)9-16-17-13(10-19-16)12-5-3-2-4-6-12/h2-8,10,14,18H,9H2,1H3. The fourth-order valence-electron chi connectivity index (χ4n) is 2.04. The molecule has 1 unspecified atom stereocenters. The molecule has 0 bridgehead atoms. The molecule has 0 amide bonds. The summed E-state index contributed by atoms with van der Waals surface area (Å²) in [7, 11) is 0. The molecule has 1 N–H and O–H groups in total. The number of thiophene rings is 1. The van der Waals surface area contributed by atoms with E-state index in [-0.39, 0.29) is 0 Å². The van der Waals surface area contributed by atoms with Crippen LogP contribution in [0.15, 0.2) is 47.8 Å². The van der Waals surface area contributed by atoms with Crippen LogP contribution in [0.1, 0.15) is 20.9 Å². The van der Waals surface area contributed by atoms with E-state index in [9.17, 15) is 5.11 Å². The summed E-state index contributed by atoms with van der Waals surface area (Å²) in [5, 5.41) is 13.3. The highest BCUT2D eigenvalue weighted by Crippen LogP contribution is 2.28. The summed E-state index contributed by atoms with van der Waals surface area (Å²) in [6.45, 7) is 2.05. The van der Waals surface area contributed by atoms with Gasteiger partial charge in [-0.05, 0) is 19.1 Å². The highest BCUT2D eigenvalue weighted by Gasteiger charge is 2.13. The van der Waals surface area contributed by atoms with Gasteiger partial charge in [-0.3, -0.25) is 0 Å². The fourth-order valence-corrected chi connectivity index (χ4v) is 3.75. The van der Waals surface area contributed by atoms with Gasteiger partial charge in [0.1, 0.15) is 0 Å². The topological polar surface area (TPSA) is 33.1 Å². The van der Waals surface area contributed by atoms with E-state index in [1.807, 2.05) is 30.3 Å². The molecule has 0 spiro atoms. The van der Waals surface area contributed by atoms with Gasteiger partial charge < -0.3 is 5.11 Å². The van der Waals surface area contributed by atoms with Crippen molar-refractivity contribution in [2.45, 2.75) is 19.4 Å². The predicted octanol–water partition coefficient (Wildman–Crippen LogP) is 4.46. The van der Waals surface area contributed by atoms with E-state index < -0.39 is 6.10 Å². The Kier molecular flexibility index (Phi) is 3.96. The first-order chi connectivity index (χ1) is 9.72. The smallest absolute Gasteiger partial charge is 0.0962 e. The minimum atomic E-state index is -0.455. The third-order valence-corrected chi connectivity index (χ3v) is 5.05. The van der Waals surface area contributed by atoms with Gasteiger partial charge >= 0.3 is 0 Å². The number of hydrogen-bond donors (Lipinski definition) is 1.